The average Bonchev–Trinajstić information content (AvgIpc) is 2.56. The third kappa shape index (κ3) is 8.20. The van der Waals surface area contributed by atoms with E-state index in [2.05, 4.69) is 33.0 Å². The fraction of sp³-hybridized carbons (Fsp3) is 0.727. The summed E-state index contributed by atoms with van der Waals surface area (Å²) >= 11 is 0. The number of hydrogen-bond acceptors (Lipinski definition) is 3. The fourth-order valence-electron chi connectivity index (χ4n) is 2.95. The molecule has 0 aromatic heterocycles. The minimum absolute atomic E-state index is 0.0302. The first-order chi connectivity index (χ1) is 12.1. The van der Waals surface area contributed by atoms with Crippen molar-refractivity contribution >= 4 is 11.9 Å². The van der Waals surface area contributed by atoms with Gasteiger partial charge >= 0.3 is 5.97 Å². The summed E-state index contributed by atoms with van der Waals surface area (Å²) in [6.45, 7) is 12.4. The normalized spacial score (nSPS) is 32.8. The summed E-state index contributed by atoms with van der Waals surface area (Å²) in [6.07, 6.45) is 11.5. The molecule has 1 N–H and O–H groups in total. The van der Waals surface area contributed by atoms with Gasteiger partial charge in [-0.05, 0) is 49.5 Å². The van der Waals surface area contributed by atoms with Crippen LogP contribution < -0.4 is 5.32 Å². The van der Waals surface area contributed by atoms with Gasteiger partial charge in [-0.25, -0.2) is 0 Å². The van der Waals surface area contributed by atoms with Crippen molar-refractivity contribution < 1.29 is 14.3 Å². The lowest BCUT2D eigenvalue weighted by molar-refractivity contribution is -0.160. The van der Waals surface area contributed by atoms with Gasteiger partial charge in [0.25, 0.3) is 0 Å². The minimum Gasteiger partial charge on any atom is -0.462 e. The maximum absolute atomic E-state index is 12.5. The van der Waals surface area contributed by atoms with E-state index in [0.717, 1.165) is 32.1 Å². The first-order valence-electron chi connectivity index (χ1n) is 9.93. The molecule has 4 atom stereocenters. The summed E-state index contributed by atoms with van der Waals surface area (Å²) in [4.78, 5) is 24.6. The van der Waals surface area contributed by atoms with Crippen LogP contribution in [0.25, 0.3) is 0 Å². The molecule has 0 aliphatic carbocycles. The van der Waals surface area contributed by atoms with E-state index in [1.807, 2.05) is 32.1 Å². The molecule has 0 spiro atoms. The van der Waals surface area contributed by atoms with E-state index < -0.39 is 0 Å². The van der Waals surface area contributed by atoms with Crippen molar-refractivity contribution in [2.45, 2.75) is 79.8 Å². The van der Waals surface area contributed by atoms with Gasteiger partial charge in [0.1, 0.15) is 6.10 Å². The largest absolute Gasteiger partial charge is 0.462 e. The molecule has 1 heterocycles. The fourth-order valence-corrected chi connectivity index (χ4v) is 2.95. The molecule has 1 aliphatic rings. The van der Waals surface area contributed by atoms with Gasteiger partial charge in [-0.2, -0.15) is 0 Å². The Hall–Kier alpha value is -1.58. The average molecular weight is 364 g/mol. The Morgan fingerprint density at radius 2 is 1.69 bits per heavy atom. The lowest BCUT2D eigenvalue weighted by Gasteiger charge is -2.33. The number of carbonyl (C=O) groups excluding carboxylic acids is 2. The summed E-state index contributed by atoms with van der Waals surface area (Å²) < 4.78 is 5.91. The van der Waals surface area contributed by atoms with Crippen LogP contribution in [0, 0.1) is 23.2 Å². The smallest absolute Gasteiger partial charge is 0.308 e. The molecule has 0 fully saturated rings. The molecule has 0 aromatic rings. The van der Waals surface area contributed by atoms with Gasteiger partial charge in [-0.3, -0.25) is 9.59 Å². The highest BCUT2D eigenvalue weighted by Gasteiger charge is 2.31. The van der Waals surface area contributed by atoms with E-state index in [0.29, 0.717) is 5.92 Å². The molecule has 0 radical (unpaired) electrons. The monoisotopic (exact) mass is 363 g/mol. The number of ether oxygens (including phenoxy) is 1. The molecule has 0 saturated heterocycles. The third-order valence-corrected chi connectivity index (χ3v) is 5.12. The van der Waals surface area contributed by atoms with Crippen LogP contribution in [0.4, 0.5) is 0 Å². The van der Waals surface area contributed by atoms with Crippen molar-refractivity contribution in [2.75, 3.05) is 0 Å². The molecule has 1 rings (SSSR count). The van der Waals surface area contributed by atoms with Crippen LogP contribution in [0.5, 0.6) is 0 Å². The molecule has 148 valence electrons. The summed E-state index contributed by atoms with van der Waals surface area (Å²) in [7, 11) is 0. The van der Waals surface area contributed by atoms with Crippen molar-refractivity contribution in [3.8, 4) is 0 Å². The molecule has 4 unspecified atom stereocenters. The van der Waals surface area contributed by atoms with Gasteiger partial charge in [0.05, 0.1) is 5.92 Å². The van der Waals surface area contributed by atoms with Crippen molar-refractivity contribution in [3.05, 3.63) is 24.4 Å². The van der Waals surface area contributed by atoms with Gasteiger partial charge in [0.2, 0.25) is 5.91 Å². The van der Waals surface area contributed by atoms with Crippen LogP contribution in [-0.2, 0) is 14.3 Å². The minimum atomic E-state index is -0.112. The Balaban J connectivity index is 2.88. The Morgan fingerprint density at radius 3 is 2.35 bits per heavy atom. The first-order valence-corrected chi connectivity index (χ1v) is 9.93. The second kappa shape index (κ2) is 10.5. The van der Waals surface area contributed by atoms with Crippen LogP contribution in [-0.4, -0.2) is 18.0 Å². The van der Waals surface area contributed by atoms with Crippen LogP contribution >= 0.6 is 0 Å². The van der Waals surface area contributed by atoms with Gasteiger partial charge in [0, 0.05) is 12.1 Å². The predicted octanol–water partition coefficient (Wildman–Crippen LogP) is 5.00. The van der Waals surface area contributed by atoms with E-state index in [9.17, 15) is 9.59 Å². The standard InChI is InChI=1S/C22H37NO3/c1-16-12-13-17(2)20(24)23-14-10-8-7-9-11-18(3)21(25)26-19(15-16)22(4,5)6/h7-8,10,14,16-19H,9,11-13,15H2,1-6H3,(H,23,24)/b8-7-,14-10-. The Bertz CT molecular complexity index is 516. The van der Waals surface area contributed by atoms with Gasteiger partial charge in [-0.1, -0.05) is 53.7 Å². The second-order valence-corrected chi connectivity index (χ2v) is 8.89. The molecule has 0 saturated carbocycles. The molecule has 4 heteroatoms. The zero-order valence-corrected chi connectivity index (χ0v) is 17.4. The number of nitrogens with one attached hydrogen (secondary N) is 1. The number of carbonyl (C=O) groups is 2. The Labute approximate surface area is 159 Å². The second-order valence-electron chi connectivity index (χ2n) is 8.89. The van der Waals surface area contributed by atoms with Crippen LogP contribution in [0.3, 0.4) is 0 Å². The molecule has 1 aliphatic heterocycles. The number of esters is 1. The Morgan fingerprint density at radius 1 is 1.00 bits per heavy atom. The zero-order chi connectivity index (χ0) is 19.7. The lowest BCUT2D eigenvalue weighted by Crippen LogP contribution is -2.35. The molecule has 26 heavy (non-hydrogen) atoms. The molecule has 0 aromatic carbocycles. The summed E-state index contributed by atoms with van der Waals surface area (Å²) in [5.74, 6) is 0.205. The van der Waals surface area contributed by atoms with Gasteiger partial charge in [-0.15, -0.1) is 0 Å². The van der Waals surface area contributed by atoms with E-state index >= 15 is 0 Å². The summed E-state index contributed by atoms with van der Waals surface area (Å²) in [5.41, 5.74) is -0.0978. The number of rotatable bonds is 0. The maximum Gasteiger partial charge on any atom is 0.308 e. The number of amides is 1. The quantitative estimate of drug-likeness (QED) is 0.616. The summed E-state index contributed by atoms with van der Waals surface area (Å²) in [5, 5.41) is 2.84. The van der Waals surface area contributed by atoms with Crippen molar-refractivity contribution in [2.24, 2.45) is 23.2 Å². The van der Waals surface area contributed by atoms with Crippen molar-refractivity contribution in [1.29, 1.82) is 0 Å². The maximum atomic E-state index is 12.5. The van der Waals surface area contributed by atoms with Crippen LogP contribution in [0.2, 0.25) is 0 Å². The van der Waals surface area contributed by atoms with E-state index in [1.54, 1.807) is 6.20 Å². The highest BCUT2D eigenvalue weighted by atomic mass is 16.5. The zero-order valence-electron chi connectivity index (χ0n) is 17.4. The SMILES string of the molecule is CC1CCC(C)C(=O)N/C=C\C=C/CCC(C)C(=O)OC(C(C)(C)C)C1. The lowest BCUT2D eigenvalue weighted by atomic mass is 9.82. The highest BCUT2D eigenvalue weighted by molar-refractivity contribution is 5.79. The molecular weight excluding hydrogens is 326 g/mol. The van der Waals surface area contributed by atoms with E-state index in [4.69, 9.17) is 4.74 Å². The van der Waals surface area contributed by atoms with Gasteiger partial charge in [0.15, 0.2) is 0 Å². The van der Waals surface area contributed by atoms with Crippen molar-refractivity contribution in [1.82, 2.24) is 5.32 Å². The molecule has 4 nitrogen and oxygen atoms in total. The van der Waals surface area contributed by atoms with E-state index in [1.165, 1.54) is 0 Å². The van der Waals surface area contributed by atoms with Crippen LogP contribution in [0.1, 0.15) is 73.6 Å². The van der Waals surface area contributed by atoms with Gasteiger partial charge < -0.3 is 10.1 Å². The third-order valence-electron chi connectivity index (χ3n) is 5.12. The highest BCUT2D eigenvalue weighted by Crippen LogP contribution is 2.30. The number of allylic oxidation sites excluding steroid dienone is 3. The molecule has 1 amide bonds. The number of hydrogen-bond donors (Lipinski definition) is 1. The Kier molecular flexibility index (Phi) is 9.11. The summed E-state index contributed by atoms with van der Waals surface area (Å²) in [6, 6.07) is 0. The number of cyclic esters (lactones) is 1. The topological polar surface area (TPSA) is 55.4 Å². The predicted molar refractivity (Wildman–Crippen MR) is 106 cm³/mol. The molecule has 0 bridgehead atoms. The van der Waals surface area contributed by atoms with E-state index in [-0.39, 0.29) is 35.2 Å². The first kappa shape index (κ1) is 22.5. The van der Waals surface area contributed by atoms with Crippen molar-refractivity contribution in [3.63, 3.8) is 0 Å². The van der Waals surface area contributed by atoms with Crippen LogP contribution in [0.15, 0.2) is 24.4 Å². The molecular formula is C22H37NO3.